The van der Waals surface area contributed by atoms with E-state index in [1.807, 2.05) is 21.6 Å². The highest BCUT2D eigenvalue weighted by Gasteiger charge is 2.41. The van der Waals surface area contributed by atoms with Crippen molar-refractivity contribution in [1.82, 2.24) is 14.8 Å². The fourth-order valence-corrected chi connectivity index (χ4v) is 5.11. The second-order valence-electron chi connectivity index (χ2n) is 6.31. The number of thiazole rings is 1. The van der Waals surface area contributed by atoms with Crippen molar-refractivity contribution in [3.63, 3.8) is 0 Å². The average Bonchev–Trinajstić information content (AvgIpc) is 3.21. The normalized spacial score (nSPS) is 24.9. The monoisotopic (exact) mass is 333 g/mol. The average molecular weight is 333 g/mol. The third kappa shape index (κ3) is 2.71. The van der Waals surface area contributed by atoms with Crippen molar-refractivity contribution < 1.29 is 4.79 Å². The minimum Gasteiger partial charge on any atom is -0.337 e. The lowest BCUT2D eigenvalue weighted by Crippen LogP contribution is -2.33. The van der Waals surface area contributed by atoms with Crippen LogP contribution in [0.3, 0.4) is 0 Å². The zero-order valence-corrected chi connectivity index (χ0v) is 14.2. The molecular formula is C16H19N3OS2. The molecule has 2 aromatic rings. The molecule has 0 bridgehead atoms. The molecule has 0 aliphatic carbocycles. The molecule has 2 aromatic heterocycles. The number of fused-ring (bicyclic) bond motifs is 1. The topological polar surface area (TPSA) is 36.4 Å². The van der Waals surface area contributed by atoms with E-state index in [1.165, 1.54) is 21.1 Å². The van der Waals surface area contributed by atoms with Crippen LogP contribution in [0.5, 0.6) is 0 Å². The first-order valence-electron chi connectivity index (χ1n) is 7.64. The van der Waals surface area contributed by atoms with E-state index in [1.54, 1.807) is 5.51 Å². The third-order valence-corrected chi connectivity index (χ3v) is 6.25. The zero-order valence-electron chi connectivity index (χ0n) is 12.6. The summed E-state index contributed by atoms with van der Waals surface area (Å²) in [5.74, 6) is 1.36. The molecule has 6 heteroatoms. The molecule has 2 saturated heterocycles. The quantitative estimate of drug-likeness (QED) is 0.866. The summed E-state index contributed by atoms with van der Waals surface area (Å²) in [5, 5.41) is 1.85. The highest BCUT2D eigenvalue weighted by atomic mass is 32.1. The van der Waals surface area contributed by atoms with Crippen LogP contribution in [-0.2, 0) is 6.54 Å². The summed E-state index contributed by atoms with van der Waals surface area (Å²) in [5.41, 5.74) is 2.34. The molecule has 0 N–H and O–H groups in total. The number of rotatable bonds is 3. The molecule has 2 aliphatic heterocycles. The SMILES string of the molecule is Cc1ccc(CN2C[C@@H]3CN(C(=O)c4cscn4)C[C@H]3C2)s1. The van der Waals surface area contributed by atoms with Crippen molar-refractivity contribution in [3.05, 3.63) is 38.5 Å². The molecule has 2 atom stereocenters. The van der Waals surface area contributed by atoms with Gasteiger partial charge in [0.2, 0.25) is 0 Å². The van der Waals surface area contributed by atoms with Gasteiger partial charge in [0.1, 0.15) is 5.69 Å². The lowest BCUT2D eigenvalue weighted by atomic mass is 10.0. The summed E-state index contributed by atoms with van der Waals surface area (Å²) in [6, 6.07) is 4.44. The molecule has 116 valence electrons. The first kappa shape index (κ1) is 14.4. The number of aromatic nitrogens is 1. The number of carbonyl (C=O) groups excluding carboxylic acids is 1. The molecule has 0 saturated carbocycles. The largest absolute Gasteiger partial charge is 0.337 e. The Kier molecular flexibility index (Phi) is 3.76. The van der Waals surface area contributed by atoms with Gasteiger partial charge in [-0.1, -0.05) is 0 Å². The van der Waals surface area contributed by atoms with Crippen LogP contribution in [0.4, 0.5) is 0 Å². The van der Waals surface area contributed by atoms with Gasteiger partial charge in [-0.2, -0.15) is 0 Å². The molecule has 1 amide bonds. The fraction of sp³-hybridized carbons (Fsp3) is 0.500. The summed E-state index contributed by atoms with van der Waals surface area (Å²) in [7, 11) is 0. The number of amides is 1. The van der Waals surface area contributed by atoms with Gasteiger partial charge in [-0.3, -0.25) is 9.69 Å². The molecule has 0 radical (unpaired) electrons. The van der Waals surface area contributed by atoms with E-state index >= 15 is 0 Å². The molecule has 0 aromatic carbocycles. The summed E-state index contributed by atoms with van der Waals surface area (Å²) < 4.78 is 0. The van der Waals surface area contributed by atoms with E-state index in [4.69, 9.17) is 0 Å². The van der Waals surface area contributed by atoms with Crippen LogP contribution < -0.4 is 0 Å². The highest BCUT2D eigenvalue weighted by Crippen LogP contribution is 2.33. The number of thiophene rings is 1. The molecule has 4 rings (SSSR count). The van der Waals surface area contributed by atoms with Crippen LogP contribution >= 0.6 is 22.7 Å². The summed E-state index contributed by atoms with van der Waals surface area (Å²) in [6.07, 6.45) is 0. The number of likely N-dealkylation sites (tertiary alicyclic amines) is 2. The molecule has 2 fully saturated rings. The first-order chi connectivity index (χ1) is 10.7. The lowest BCUT2D eigenvalue weighted by molar-refractivity contribution is 0.0768. The van der Waals surface area contributed by atoms with Crippen molar-refractivity contribution in [3.8, 4) is 0 Å². The molecule has 0 unspecified atom stereocenters. The van der Waals surface area contributed by atoms with Crippen LogP contribution in [0.1, 0.15) is 20.2 Å². The van der Waals surface area contributed by atoms with Gasteiger partial charge in [0, 0.05) is 47.9 Å². The molecule has 0 spiro atoms. The Morgan fingerprint density at radius 1 is 1.27 bits per heavy atom. The van der Waals surface area contributed by atoms with Crippen molar-refractivity contribution in [2.24, 2.45) is 11.8 Å². The number of hydrogen-bond donors (Lipinski definition) is 0. The van der Waals surface area contributed by atoms with Crippen molar-refractivity contribution in [1.29, 1.82) is 0 Å². The fourth-order valence-electron chi connectivity index (χ4n) is 3.66. The van der Waals surface area contributed by atoms with E-state index in [0.29, 0.717) is 17.5 Å². The van der Waals surface area contributed by atoms with E-state index in [2.05, 4.69) is 28.9 Å². The van der Waals surface area contributed by atoms with Crippen molar-refractivity contribution in [2.45, 2.75) is 13.5 Å². The summed E-state index contributed by atoms with van der Waals surface area (Å²) in [6.45, 7) is 7.23. The number of carbonyl (C=O) groups is 1. The molecule has 4 nitrogen and oxygen atoms in total. The van der Waals surface area contributed by atoms with Gasteiger partial charge >= 0.3 is 0 Å². The Bertz CT molecular complexity index is 653. The van der Waals surface area contributed by atoms with E-state index < -0.39 is 0 Å². The summed E-state index contributed by atoms with van der Waals surface area (Å²) in [4.78, 5) is 23.9. The van der Waals surface area contributed by atoms with E-state index in [9.17, 15) is 4.79 Å². The van der Waals surface area contributed by atoms with Crippen molar-refractivity contribution in [2.75, 3.05) is 26.2 Å². The van der Waals surface area contributed by atoms with Gasteiger partial charge < -0.3 is 4.90 Å². The smallest absolute Gasteiger partial charge is 0.273 e. The maximum absolute atomic E-state index is 12.4. The van der Waals surface area contributed by atoms with Crippen molar-refractivity contribution >= 4 is 28.6 Å². The molecular weight excluding hydrogens is 314 g/mol. The van der Waals surface area contributed by atoms with Gasteiger partial charge in [-0.05, 0) is 30.9 Å². The Labute approximate surface area is 138 Å². The standard InChI is InChI=1S/C16H19N3OS2/c1-11-2-3-14(22-11)8-18-4-12-6-19(7-13(12)5-18)16(20)15-9-21-10-17-15/h2-3,9-10,12-13H,4-8H2,1H3/t12-,13-/m1/s1. The Morgan fingerprint density at radius 3 is 2.64 bits per heavy atom. The van der Waals surface area contributed by atoms with Crippen LogP contribution in [-0.4, -0.2) is 46.9 Å². The van der Waals surface area contributed by atoms with Crippen LogP contribution in [0.25, 0.3) is 0 Å². The second-order valence-corrected chi connectivity index (χ2v) is 8.40. The Balaban J connectivity index is 1.35. The van der Waals surface area contributed by atoms with Crippen LogP contribution in [0.15, 0.2) is 23.0 Å². The van der Waals surface area contributed by atoms with Crippen LogP contribution in [0, 0.1) is 18.8 Å². The lowest BCUT2D eigenvalue weighted by Gasteiger charge is -2.20. The minimum absolute atomic E-state index is 0.107. The predicted octanol–water partition coefficient (Wildman–Crippen LogP) is 2.72. The van der Waals surface area contributed by atoms with Gasteiger partial charge in [0.05, 0.1) is 5.51 Å². The third-order valence-electron chi connectivity index (χ3n) is 4.68. The molecule has 2 aliphatic rings. The number of aryl methyl sites for hydroxylation is 1. The number of hydrogen-bond acceptors (Lipinski definition) is 5. The van der Waals surface area contributed by atoms with E-state index in [0.717, 1.165) is 32.7 Å². The van der Waals surface area contributed by atoms with Gasteiger partial charge in [0.25, 0.3) is 5.91 Å². The van der Waals surface area contributed by atoms with Gasteiger partial charge in [-0.15, -0.1) is 22.7 Å². The van der Waals surface area contributed by atoms with Crippen LogP contribution in [0.2, 0.25) is 0 Å². The zero-order chi connectivity index (χ0) is 15.1. The number of nitrogens with zero attached hydrogens (tertiary/aromatic N) is 3. The maximum Gasteiger partial charge on any atom is 0.273 e. The van der Waals surface area contributed by atoms with Gasteiger partial charge in [0.15, 0.2) is 0 Å². The summed E-state index contributed by atoms with van der Waals surface area (Å²) >= 11 is 3.38. The maximum atomic E-state index is 12.4. The first-order valence-corrected chi connectivity index (χ1v) is 9.40. The Morgan fingerprint density at radius 2 is 2.05 bits per heavy atom. The van der Waals surface area contributed by atoms with Gasteiger partial charge in [-0.25, -0.2) is 4.98 Å². The molecule has 4 heterocycles. The minimum atomic E-state index is 0.107. The molecule has 22 heavy (non-hydrogen) atoms. The predicted molar refractivity (Wildman–Crippen MR) is 89.3 cm³/mol. The second kappa shape index (κ2) is 5.76. The van der Waals surface area contributed by atoms with E-state index in [-0.39, 0.29) is 5.91 Å². The Hall–Kier alpha value is -1.24. The highest BCUT2D eigenvalue weighted by molar-refractivity contribution is 7.11.